The first-order valence-electron chi connectivity index (χ1n) is 11.1. The average Bonchev–Trinajstić information content (AvgIpc) is 3.32. The highest BCUT2D eigenvalue weighted by Gasteiger charge is 2.52. The van der Waals surface area contributed by atoms with E-state index in [1.807, 2.05) is 31.2 Å². The molecule has 0 bridgehead atoms. The van der Waals surface area contributed by atoms with Crippen molar-refractivity contribution in [2.45, 2.75) is 31.8 Å². The fourth-order valence-corrected chi connectivity index (χ4v) is 4.96. The molecule has 1 aromatic heterocycles. The van der Waals surface area contributed by atoms with Crippen LogP contribution in [-0.4, -0.2) is 54.0 Å². The van der Waals surface area contributed by atoms with Crippen molar-refractivity contribution in [3.05, 3.63) is 65.4 Å². The third-order valence-electron chi connectivity index (χ3n) is 6.53. The Morgan fingerprint density at radius 2 is 1.91 bits per heavy atom. The summed E-state index contributed by atoms with van der Waals surface area (Å²) in [6.07, 6.45) is 1.11. The van der Waals surface area contributed by atoms with Crippen LogP contribution in [0.4, 0.5) is 10.5 Å². The maximum atomic E-state index is 13.5. The number of carbonyl (C=O) groups is 3. The van der Waals surface area contributed by atoms with Crippen molar-refractivity contribution in [3.8, 4) is 0 Å². The number of anilines is 1. The van der Waals surface area contributed by atoms with Crippen LogP contribution in [0.2, 0.25) is 0 Å². The summed E-state index contributed by atoms with van der Waals surface area (Å²) in [6, 6.07) is 13.4. The first-order valence-corrected chi connectivity index (χ1v) is 11.1. The Hall–Kier alpha value is -3.65. The van der Waals surface area contributed by atoms with Gasteiger partial charge in [0.15, 0.2) is 0 Å². The zero-order chi connectivity index (χ0) is 23.1. The Kier molecular flexibility index (Phi) is 5.38. The highest BCUT2D eigenvalue weighted by atomic mass is 16.5. The molecule has 0 saturated carbocycles. The summed E-state index contributed by atoms with van der Waals surface area (Å²) < 4.78 is 5.02. The van der Waals surface area contributed by atoms with Gasteiger partial charge in [-0.25, -0.2) is 9.69 Å². The summed E-state index contributed by atoms with van der Waals surface area (Å²) in [6.45, 7) is 2.91. The Balaban J connectivity index is 1.47. The lowest BCUT2D eigenvalue weighted by atomic mass is 9.93. The molecule has 8 heteroatoms. The summed E-state index contributed by atoms with van der Waals surface area (Å²) in [4.78, 5) is 46.1. The minimum absolute atomic E-state index is 0.289. The first-order chi connectivity index (χ1) is 16.0. The number of nitrogens with one attached hydrogen (secondary N) is 2. The summed E-state index contributed by atoms with van der Waals surface area (Å²) >= 11 is 0. The lowest BCUT2D eigenvalue weighted by Crippen LogP contribution is -2.42. The predicted octanol–water partition coefficient (Wildman–Crippen LogP) is 3.39. The molecule has 3 heterocycles. The fraction of sp³-hybridized carbons (Fsp3) is 0.320. The topological polar surface area (TPSA) is 94.7 Å². The molecule has 2 N–H and O–H groups in total. The van der Waals surface area contributed by atoms with Gasteiger partial charge in [-0.1, -0.05) is 30.3 Å². The maximum Gasteiger partial charge on any atom is 0.332 e. The molecule has 1 unspecified atom stereocenters. The largest absolute Gasteiger partial charge is 0.385 e. The molecule has 0 aliphatic carbocycles. The van der Waals surface area contributed by atoms with Crippen LogP contribution in [0.3, 0.4) is 0 Å². The van der Waals surface area contributed by atoms with Crippen LogP contribution in [0.15, 0.2) is 48.5 Å². The third-order valence-corrected chi connectivity index (χ3v) is 6.53. The number of nitrogens with zero attached hydrogens (tertiary/aromatic N) is 2. The Labute approximate surface area is 191 Å². The number of ether oxygens (including phenoxy) is 1. The number of fused-ring (bicyclic) bond motifs is 4. The lowest BCUT2D eigenvalue weighted by molar-refractivity contribution is -0.120. The van der Waals surface area contributed by atoms with Crippen LogP contribution in [-0.2, 0) is 16.0 Å². The van der Waals surface area contributed by atoms with Gasteiger partial charge in [0.25, 0.3) is 11.8 Å². The van der Waals surface area contributed by atoms with E-state index >= 15 is 0 Å². The number of benzene rings is 2. The number of amides is 4. The summed E-state index contributed by atoms with van der Waals surface area (Å²) in [7, 11) is 1.61. The summed E-state index contributed by atoms with van der Waals surface area (Å²) in [5.41, 5.74) is 3.65. The number of H-pyrrole nitrogens is 1. The van der Waals surface area contributed by atoms with Gasteiger partial charge in [0, 0.05) is 43.3 Å². The maximum absolute atomic E-state index is 13.5. The number of aromatic nitrogens is 1. The van der Waals surface area contributed by atoms with Crippen molar-refractivity contribution >= 4 is 34.4 Å². The zero-order valence-electron chi connectivity index (χ0n) is 18.6. The fourth-order valence-electron chi connectivity index (χ4n) is 4.96. The van der Waals surface area contributed by atoms with E-state index in [9.17, 15) is 14.4 Å². The van der Waals surface area contributed by atoms with E-state index in [1.54, 1.807) is 36.3 Å². The molecule has 2 aliphatic rings. The van der Waals surface area contributed by atoms with Crippen molar-refractivity contribution in [2.24, 2.45) is 0 Å². The van der Waals surface area contributed by atoms with Crippen LogP contribution in [0.1, 0.15) is 41.0 Å². The molecule has 0 spiro atoms. The number of aromatic amines is 1. The molecule has 2 atom stereocenters. The number of para-hydroxylation sites is 2. The molecule has 8 nitrogen and oxygen atoms in total. The second kappa shape index (κ2) is 8.37. The SMILES string of the molecule is COCCCNC(=O)c1ccccc1N1C(=O)[C@@H]2Cc3c([nH]c4ccccc34)C(C)N2C1=O. The van der Waals surface area contributed by atoms with Crippen molar-refractivity contribution < 1.29 is 19.1 Å². The minimum atomic E-state index is -0.600. The van der Waals surface area contributed by atoms with Crippen molar-refractivity contribution in [3.63, 3.8) is 0 Å². The van der Waals surface area contributed by atoms with Gasteiger partial charge in [-0.2, -0.15) is 0 Å². The van der Waals surface area contributed by atoms with Gasteiger partial charge in [0.2, 0.25) is 0 Å². The van der Waals surface area contributed by atoms with Crippen LogP contribution >= 0.6 is 0 Å². The molecule has 1 fully saturated rings. The van der Waals surface area contributed by atoms with Gasteiger partial charge in [-0.3, -0.25) is 9.59 Å². The quantitative estimate of drug-likeness (QED) is 0.448. The number of carbonyl (C=O) groups excluding carboxylic acids is 3. The number of rotatable bonds is 6. The van der Waals surface area contributed by atoms with E-state index < -0.39 is 12.1 Å². The van der Waals surface area contributed by atoms with Crippen LogP contribution in [0.5, 0.6) is 0 Å². The van der Waals surface area contributed by atoms with Gasteiger partial charge in [0.1, 0.15) is 6.04 Å². The zero-order valence-corrected chi connectivity index (χ0v) is 18.6. The highest BCUT2D eigenvalue weighted by molar-refractivity contribution is 6.24. The predicted molar refractivity (Wildman–Crippen MR) is 124 cm³/mol. The molecule has 4 amide bonds. The molecule has 1 saturated heterocycles. The van der Waals surface area contributed by atoms with Crippen LogP contribution in [0, 0.1) is 0 Å². The van der Waals surface area contributed by atoms with Gasteiger partial charge in [-0.05, 0) is 37.1 Å². The van der Waals surface area contributed by atoms with Gasteiger partial charge < -0.3 is 19.9 Å². The molecule has 2 aromatic carbocycles. The van der Waals surface area contributed by atoms with E-state index in [0.29, 0.717) is 37.2 Å². The van der Waals surface area contributed by atoms with Crippen molar-refractivity contribution in [1.82, 2.24) is 15.2 Å². The number of methoxy groups -OCH3 is 1. The van der Waals surface area contributed by atoms with Gasteiger partial charge >= 0.3 is 6.03 Å². The minimum Gasteiger partial charge on any atom is -0.385 e. The average molecular weight is 447 g/mol. The second-order valence-corrected chi connectivity index (χ2v) is 8.44. The third kappa shape index (κ3) is 3.38. The molecule has 5 rings (SSSR count). The Morgan fingerprint density at radius 1 is 1.15 bits per heavy atom. The molecular weight excluding hydrogens is 420 g/mol. The van der Waals surface area contributed by atoms with Gasteiger partial charge in [-0.15, -0.1) is 0 Å². The van der Waals surface area contributed by atoms with Crippen molar-refractivity contribution in [1.29, 1.82) is 0 Å². The molecule has 2 aliphatic heterocycles. The summed E-state index contributed by atoms with van der Waals surface area (Å²) in [5, 5.41) is 3.92. The molecule has 3 aromatic rings. The second-order valence-electron chi connectivity index (χ2n) is 8.44. The molecule has 170 valence electrons. The molecule has 0 radical (unpaired) electrons. The normalized spacial score (nSPS) is 19.7. The lowest BCUT2D eigenvalue weighted by Gasteiger charge is -2.33. The Morgan fingerprint density at radius 3 is 2.73 bits per heavy atom. The van der Waals surface area contributed by atoms with E-state index in [2.05, 4.69) is 10.3 Å². The number of hydrogen-bond donors (Lipinski definition) is 2. The van der Waals surface area contributed by atoms with E-state index in [4.69, 9.17) is 4.74 Å². The number of imide groups is 1. The van der Waals surface area contributed by atoms with Crippen LogP contribution < -0.4 is 10.2 Å². The van der Waals surface area contributed by atoms with E-state index in [-0.39, 0.29) is 17.9 Å². The molecular formula is C25H26N4O4. The summed E-state index contributed by atoms with van der Waals surface area (Å²) in [5.74, 6) is -0.626. The smallest absolute Gasteiger partial charge is 0.332 e. The van der Waals surface area contributed by atoms with E-state index in [0.717, 1.165) is 22.2 Å². The van der Waals surface area contributed by atoms with E-state index in [1.165, 1.54) is 4.90 Å². The van der Waals surface area contributed by atoms with Gasteiger partial charge in [0.05, 0.1) is 17.3 Å². The number of urea groups is 1. The van der Waals surface area contributed by atoms with Crippen molar-refractivity contribution in [2.75, 3.05) is 25.2 Å². The highest BCUT2D eigenvalue weighted by Crippen LogP contribution is 2.42. The molecule has 33 heavy (non-hydrogen) atoms. The standard InChI is InChI=1S/C25H26N4O4/c1-15-22-18(16-8-3-5-10-19(16)27-22)14-21-24(31)29(25(32)28(15)21)20-11-6-4-9-17(20)23(30)26-12-7-13-33-2/h3-6,8-11,15,21,27H,7,12-14H2,1-2H3,(H,26,30)/t15?,21-/m0/s1. The monoisotopic (exact) mass is 446 g/mol. The first kappa shape index (κ1) is 21.2. The van der Waals surface area contributed by atoms with Crippen LogP contribution in [0.25, 0.3) is 10.9 Å². The number of hydrogen-bond acceptors (Lipinski definition) is 4. The Bertz CT molecular complexity index is 1250.